The van der Waals surface area contributed by atoms with Gasteiger partial charge in [-0.2, -0.15) is 0 Å². The fraction of sp³-hybridized carbons (Fsp3) is 0.438. The first-order chi connectivity index (χ1) is 12.6. The molecule has 0 unspecified atom stereocenters. The van der Waals surface area contributed by atoms with Gasteiger partial charge in [0.15, 0.2) is 0 Å². The number of rotatable bonds is 6. The molecule has 26 heavy (non-hydrogen) atoms. The van der Waals surface area contributed by atoms with Gasteiger partial charge < -0.3 is 15.0 Å². The number of carbonyl (C=O) groups is 2. The first-order valence-electron chi connectivity index (χ1n) is 8.37. The predicted octanol–water partition coefficient (Wildman–Crippen LogP) is 1.68. The smallest absolute Gasteiger partial charge is 0.339 e. The molecule has 0 spiro atoms. The molecule has 1 aliphatic heterocycles. The van der Waals surface area contributed by atoms with E-state index in [1.165, 1.54) is 17.5 Å². The Morgan fingerprint density at radius 3 is 2.73 bits per heavy atom. The largest absolute Gasteiger partial charge is 0.462 e. The van der Waals surface area contributed by atoms with E-state index in [1.54, 1.807) is 19.1 Å². The molecular formula is C16H20N6O3S. The second kappa shape index (κ2) is 8.09. The van der Waals surface area contributed by atoms with Crippen LogP contribution in [-0.2, 0) is 11.2 Å². The third-order valence-electron chi connectivity index (χ3n) is 3.79. The topological polar surface area (TPSA) is 109 Å². The summed E-state index contributed by atoms with van der Waals surface area (Å²) in [5, 5.41) is 14.8. The third kappa shape index (κ3) is 4.26. The molecule has 10 heteroatoms. The van der Waals surface area contributed by atoms with E-state index >= 15 is 0 Å². The minimum absolute atomic E-state index is 0.0279. The minimum Gasteiger partial charge on any atom is -0.462 e. The zero-order valence-corrected chi connectivity index (χ0v) is 15.4. The number of ether oxygens (including phenoxy) is 1. The van der Waals surface area contributed by atoms with Crippen LogP contribution in [0, 0.1) is 0 Å². The highest BCUT2D eigenvalue weighted by molar-refractivity contribution is 7.15. The van der Waals surface area contributed by atoms with Crippen LogP contribution in [0.4, 0.5) is 15.7 Å². The molecule has 0 bridgehead atoms. The lowest BCUT2D eigenvalue weighted by Gasteiger charge is -2.40. The molecule has 1 saturated heterocycles. The van der Waals surface area contributed by atoms with Crippen molar-refractivity contribution in [2.24, 2.45) is 0 Å². The normalized spacial score (nSPS) is 13.8. The van der Waals surface area contributed by atoms with E-state index in [4.69, 9.17) is 4.74 Å². The Kier molecular flexibility index (Phi) is 5.61. The maximum atomic E-state index is 12.0. The van der Waals surface area contributed by atoms with Crippen molar-refractivity contribution in [3.05, 3.63) is 28.9 Å². The summed E-state index contributed by atoms with van der Waals surface area (Å²) in [6.45, 7) is 5.38. The van der Waals surface area contributed by atoms with Gasteiger partial charge in [-0.3, -0.25) is 5.32 Å². The number of anilines is 2. The minimum atomic E-state index is -0.380. The molecule has 2 aromatic rings. The number of pyridine rings is 1. The van der Waals surface area contributed by atoms with Gasteiger partial charge in [-0.1, -0.05) is 18.3 Å². The molecule has 1 aliphatic rings. The van der Waals surface area contributed by atoms with Gasteiger partial charge in [-0.25, -0.2) is 14.6 Å². The van der Waals surface area contributed by atoms with E-state index in [2.05, 4.69) is 25.8 Å². The standard InChI is InChI=1S/C16H20N6O3S/c1-3-13-20-21-16(26-13)19-15(24)18-11-8-22(9-11)12-6-5-10(7-17-12)14(23)25-4-2/h5-7,11H,3-4,8-9H2,1-2H3,(H2,18,19,21,24). The van der Waals surface area contributed by atoms with Gasteiger partial charge in [0.2, 0.25) is 5.13 Å². The van der Waals surface area contributed by atoms with Crippen molar-refractivity contribution in [2.75, 3.05) is 29.9 Å². The van der Waals surface area contributed by atoms with Crippen LogP contribution in [0.2, 0.25) is 0 Å². The van der Waals surface area contributed by atoms with Gasteiger partial charge in [0.25, 0.3) is 0 Å². The lowest BCUT2D eigenvalue weighted by atomic mass is 10.1. The van der Waals surface area contributed by atoms with E-state index in [-0.39, 0.29) is 18.0 Å². The SMILES string of the molecule is CCOC(=O)c1ccc(N2CC(NC(=O)Nc3nnc(CC)s3)C2)nc1. The van der Waals surface area contributed by atoms with Crippen LogP contribution in [0.25, 0.3) is 0 Å². The van der Waals surface area contributed by atoms with Crippen LogP contribution in [0.1, 0.15) is 29.2 Å². The summed E-state index contributed by atoms with van der Waals surface area (Å²) in [4.78, 5) is 29.9. The van der Waals surface area contributed by atoms with Gasteiger partial charge in [0, 0.05) is 19.3 Å². The highest BCUT2D eigenvalue weighted by Gasteiger charge is 2.29. The predicted molar refractivity (Wildman–Crippen MR) is 97.6 cm³/mol. The Balaban J connectivity index is 1.45. The van der Waals surface area contributed by atoms with Crippen molar-refractivity contribution in [1.82, 2.24) is 20.5 Å². The molecular weight excluding hydrogens is 356 g/mol. The molecule has 3 heterocycles. The number of urea groups is 1. The highest BCUT2D eigenvalue weighted by atomic mass is 32.1. The molecule has 2 aromatic heterocycles. The van der Waals surface area contributed by atoms with E-state index in [9.17, 15) is 9.59 Å². The number of amides is 2. The number of nitrogens with one attached hydrogen (secondary N) is 2. The number of aryl methyl sites for hydroxylation is 1. The Morgan fingerprint density at radius 1 is 1.31 bits per heavy atom. The zero-order chi connectivity index (χ0) is 18.5. The van der Waals surface area contributed by atoms with Crippen molar-refractivity contribution < 1.29 is 14.3 Å². The third-order valence-corrected chi connectivity index (χ3v) is 4.77. The number of aromatic nitrogens is 3. The first-order valence-corrected chi connectivity index (χ1v) is 9.18. The molecule has 0 aliphatic carbocycles. The second-order valence-electron chi connectivity index (χ2n) is 5.68. The zero-order valence-electron chi connectivity index (χ0n) is 14.6. The average molecular weight is 376 g/mol. The van der Waals surface area contributed by atoms with Crippen molar-refractivity contribution in [3.63, 3.8) is 0 Å². The lowest BCUT2D eigenvalue weighted by Crippen LogP contribution is -2.60. The fourth-order valence-electron chi connectivity index (χ4n) is 2.43. The van der Waals surface area contributed by atoms with Crippen molar-refractivity contribution >= 4 is 34.3 Å². The maximum Gasteiger partial charge on any atom is 0.339 e. The molecule has 138 valence electrons. The molecule has 0 radical (unpaired) electrons. The van der Waals surface area contributed by atoms with Crippen LogP contribution in [-0.4, -0.2) is 52.9 Å². The van der Waals surface area contributed by atoms with E-state index < -0.39 is 0 Å². The van der Waals surface area contributed by atoms with Gasteiger partial charge in [0.05, 0.1) is 18.2 Å². The lowest BCUT2D eigenvalue weighted by molar-refractivity contribution is 0.0526. The molecule has 2 amide bonds. The van der Waals surface area contributed by atoms with E-state index in [0.29, 0.717) is 30.4 Å². The highest BCUT2D eigenvalue weighted by Crippen LogP contribution is 2.19. The molecule has 1 fully saturated rings. The van der Waals surface area contributed by atoms with Crippen LogP contribution < -0.4 is 15.5 Å². The number of hydrogen-bond acceptors (Lipinski definition) is 8. The molecule has 0 aromatic carbocycles. The Morgan fingerprint density at radius 2 is 2.12 bits per heavy atom. The quantitative estimate of drug-likeness (QED) is 0.738. The average Bonchev–Trinajstić information content (AvgIpc) is 3.05. The summed E-state index contributed by atoms with van der Waals surface area (Å²) in [7, 11) is 0. The molecule has 9 nitrogen and oxygen atoms in total. The molecule has 3 rings (SSSR count). The van der Waals surface area contributed by atoms with Gasteiger partial charge in [0.1, 0.15) is 10.8 Å². The Labute approximate surface area is 154 Å². The second-order valence-corrected chi connectivity index (χ2v) is 6.74. The molecule has 0 saturated carbocycles. The number of nitrogens with zero attached hydrogens (tertiary/aromatic N) is 4. The van der Waals surface area contributed by atoms with Crippen molar-refractivity contribution in [3.8, 4) is 0 Å². The summed E-state index contributed by atoms with van der Waals surface area (Å²) in [5.41, 5.74) is 0.425. The number of esters is 1. The summed E-state index contributed by atoms with van der Waals surface area (Å²) in [5.74, 6) is 0.377. The van der Waals surface area contributed by atoms with Gasteiger partial charge in [-0.15, -0.1) is 10.2 Å². The van der Waals surface area contributed by atoms with Crippen LogP contribution >= 0.6 is 11.3 Å². The van der Waals surface area contributed by atoms with Crippen molar-refractivity contribution in [2.45, 2.75) is 26.3 Å². The molecule has 2 N–H and O–H groups in total. The monoisotopic (exact) mass is 376 g/mol. The van der Waals surface area contributed by atoms with Crippen LogP contribution in [0.15, 0.2) is 18.3 Å². The van der Waals surface area contributed by atoms with Crippen LogP contribution in [0.3, 0.4) is 0 Å². The summed E-state index contributed by atoms with van der Waals surface area (Å²) in [6.07, 6.45) is 2.29. The van der Waals surface area contributed by atoms with Gasteiger partial charge >= 0.3 is 12.0 Å². The van der Waals surface area contributed by atoms with Crippen molar-refractivity contribution in [1.29, 1.82) is 0 Å². The first kappa shape index (κ1) is 18.1. The van der Waals surface area contributed by atoms with Crippen LogP contribution in [0.5, 0.6) is 0 Å². The number of carbonyl (C=O) groups excluding carboxylic acids is 2. The summed E-state index contributed by atoms with van der Waals surface area (Å²) >= 11 is 1.37. The molecule has 0 atom stereocenters. The Bertz CT molecular complexity index is 773. The maximum absolute atomic E-state index is 12.0. The van der Waals surface area contributed by atoms with E-state index in [1.807, 2.05) is 11.8 Å². The summed E-state index contributed by atoms with van der Waals surface area (Å²) < 4.78 is 4.93. The number of hydrogen-bond donors (Lipinski definition) is 2. The Hall–Kier alpha value is -2.75. The fourth-order valence-corrected chi connectivity index (χ4v) is 3.11. The summed E-state index contributed by atoms with van der Waals surface area (Å²) in [6, 6.07) is 3.20. The van der Waals surface area contributed by atoms with E-state index in [0.717, 1.165) is 17.2 Å². The van der Waals surface area contributed by atoms with Gasteiger partial charge in [-0.05, 0) is 25.5 Å².